The molecule has 6 heteroatoms. The summed E-state index contributed by atoms with van der Waals surface area (Å²) < 4.78 is 5.39. The van der Waals surface area contributed by atoms with Gasteiger partial charge >= 0.3 is 0 Å². The molecule has 0 bridgehead atoms. The van der Waals surface area contributed by atoms with Crippen LogP contribution in [0.25, 0.3) is 0 Å². The summed E-state index contributed by atoms with van der Waals surface area (Å²) in [5, 5.41) is 13.6. The van der Waals surface area contributed by atoms with Gasteiger partial charge in [0, 0.05) is 12.1 Å². The van der Waals surface area contributed by atoms with Crippen LogP contribution in [-0.4, -0.2) is 21.6 Å². The maximum absolute atomic E-state index is 10.1. The fraction of sp³-hybridized carbons (Fsp3) is 0.385. The Kier molecular flexibility index (Phi) is 4.39. The van der Waals surface area contributed by atoms with E-state index < -0.39 is 6.10 Å². The van der Waals surface area contributed by atoms with Gasteiger partial charge in [0.25, 0.3) is 0 Å². The smallest absolute Gasteiger partial charge is 0.222 e. The van der Waals surface area contributed by atoms with Crippen molar-refractivity contribution in [2.75, 3.05) is 11.9 Å². The molecule has 1 atom stereocenters. The van der Waals surface area contributed by atoms with Crippen LogP contribution in [-0.2, 0) is 0 Å². The molecule has 102 valence electrons. The Morgan fingerprint density at radius 1 is 1.37 bits per heavy atom. The van der Waals surface area contributed by atoms with Crippen LogP contribution >= 0.6 is 11.6 Å². The highest BCUT2D eigenvalue weighted by Gasteiger charge is 2.14. The van der Waals surface area contributed by atoms with Gasteiger partial charge in [0.2, 0.25) is 5.95 Å². The molecule has 0 fully saturated rings. The first kappa shape index (κ1) is 13.8. The van der Waals surface area contributed by atoms with Gasteiger partial charge < -0.3 is 14.8 Å². The Morgan fingerprint density at radius 3 is 2.63 bits per heavy atom. The minimum absolute atomic E-state index is 0.495. The van der Waals surface area contributed by atoms with Crippen LogP contribution in [0.5, 0.6) is 0 Å². The van der Waals surface area contributed by atoms with Crippen molar-refractivity contribution in [3.8, 4) is 0 Å². The van der Waals surface area contributed by atoms with Crippen molar-refractivity contribution < 1.29 is 9.52 Å². The van der Waals surface area contributed by atoms with Crippen LogP contribution in [0.15, 0.2) is 22.9 Å². The fourth-order valence-corrected chi connectivity index (χ4v) is 1.96. The predicted octanol–water partition coefficient (Wildman–Crippen LogP) is 2.88. The minimum Gasteiger partial charge on any atom is -0.466 e. The lowest BCUT2D eigenvalue weighted by Crippen LogP contribution is -2.09. The van der Waals surface area contributed by atoms with Gasteiger partial charge in [-0.05, 0) is 26.3 Å². The molecular weight excluding hydrogens is 266 g/mol. The van der Waals surface area contributed by atoms with Crippen molar-refractivity contribution >= 4 is 17.5 Å². The summed E-state index contributed by atoms with van der Waals surface area (Å²) in [6.45, 7) is 4.27. The van der Waals surface area contributed by atoms with Crippen molar-refractivity contribution in [1.82, 2.24) is 9.97 Å². The van der Waals surface area contributed by atoms with E-state index in [1.807, 2.05) is 19.9 Å². The van der Waals surface area contributed by atoms with Crippen molar-refractivity contribution in [1.29, 1.82) is 0 Å². The van der Waals surface area contributed by atoms with E-state index in [1.165, 1.54) is 12.4 Å². The molecule has 2 aromatic heterocycles. The number of aliphatic hydroxyl groups is 1. The number of hydrogen-bond acceptors (Lipinski definition) is 5. The number of aryl methyl sites for hydroxylation is 2. The summed E-state index contributed by atoms with van der Waals surface area (Å²) in [4.78, 5) is 8.03. The van der Waals surface area contributed by atoms with Gasteiger partial charge in [-0.1, -0.05) is 11.6 Å². The average molecular weight is 282 g/mol. The number of halogens is 1. The molecular formula is C13H16ClN3O2. The molecule has 0 aromatic carbocycles. The zero-order chi connectivity index (χ0) is 13.8. The molecule has 19 heavy (non-hydrogen) atoms. The first-order chi connectivity index (χ1) is 9.06. The molecule has 1 unspecified atom stereocenters. The van der Waals surface area contributed by atoms with E-state index in [-0.39, 0.29) is 0 Å². The summed E-state index contributed by atoms with van der Waals surface area (Å²) in [6, 6.07) is 1.86. The van der Waals surface area contributed by atoms with E-state index in [4.69, 9.17) is 16.0 Å². The molecule has 0 radical (unpaired) electrons. The third-order valence-electron chi connectivity index (χ3n) is 2.76. The van der Waals surface area contributed by atoms with Crippen LogP contribution in [0.4, 0.5) is 5.95 Å². The van der Waals surface area contributed by atoms with Crippen molar-refractivity contribution in [3.63, 3.8) is 0 Å². The second kappa shape index (κ2) is 6.04. The Labute approximate surface area is 116 Å². The van der Waals surface area contributed by atoms with Crippen LogP contribution < -0.4 is 5.32 Å². The Hall–Kier alpha value is -1.59. The van der Waals surface area contributed by atoms with Gasteiger partial charge in [-0.3, -0.25) is 0 Å². The molecule has 2 rings (SSSR count). The monoisotopic (exact) mass is 281 g/mol. The van der Waals surface area contributed by atoms with E-state index in [0.717, 1.165) is 17.1 Å². The van der Waals surface area contributed by atoms with Gasteiger partial charge in [0.05, 0.1) is 23.5 Å². The number of rotatable bonds is 5. The molecule has 0 saturated heterocycles. The number of anilines is 1. The summed E-state index contributed by atoms with van der Waals surface area (Å²) >= 11 is 5.69. The Balaban J connectivity index is 1.85. The summed E-state index contributed by atoms with van der Waals surface area (Å²) in [5.41, 5.74) is 0.830. The minimum atomic E-state index is -0.558. The number of aromatic nitrogens is 2. The molecule has 0 aliphatic rings. The van der Waals surface area contributed by atoms with Gasteiger partial charge in [0.1, 0.15) is 11.5 Å². The standard InChI is InChI=1S/C13H16ClN3O2/c1-8-5-11(9(2)19-8)12(18)3-4-15-13-16-6-10(14)7-17-13/h5-7,12,18H,3-4H2,1-2H3,(H,15,16,17). The van der Waals surface area contributed by atoms with Crippen molar-refractivity contribution in [2.24, 2.45) is 0 Å². The lowest BCUT2D eigenvalue weighted by atomic mass is 10.1. The largest absolute Gasteiger partial charge is 0.466 e. The van der Waals surface area contributed by atoms with Gasteiger partial charge in [-0.2, -0.15) is 0 Å². The Morgan fingerprint density at radius 2 is 2.05 bits per heavy atom. The van der Waals surface area contributed by atoms with Crippen molar-refractivity contribution in [3.05, 3.63) is 40.6 Å². The molecule has 0 saturated carbocycles. The first-order valence-corrected chi connectivity index (χ1v) is 6.40. The molecule has 0 amide bonds. The van der Waals surface area contributed by atoms with Crippen LogP contribution in [0.3, 0.4) is 0 Å². The maximum Gasteiger partial charge on any atom is 0.222 e. The zero-order valence-corrected chi connectivity index (χ0v) is 11.6. The quantitative estimate of drug-likeness (QED) is 0.882. The number of aliphatic hydroxyl groups excluding tert-OH is 1. The van der Waals surface area contributed by atoms with Gasteiger partial charge in [-0.25, -0.2) is 9.97 Å². The molecule has 0 aliphatic carbocycles. The predicted molar refractivity (Wildman–Crippen MR) is 73.3 cm³/mol. The molecule has 0 aliphatic heterocycles. The summed E-state index contributed by atoms with van der Waals surface area (Å²) in [5.74, 6) is 2.06. The molecule has 2 N–H and O–H groups in total. The normalized spacial score (nSPS) is 12.4. The van der Waals surface area contributed by atoms with Crippen LogP contribution in [0.2, 0.25) is 5.02 Å². The topological polar surface area (TPSA) is 71.2 Å². The molecule has 5 nitrogen and oxygen atoms in total. The molecule has 2 aromatic rings. The summed E-state index contributed by atoms with van der Waals surface area (Å²) in [7, 11) is 0. The fourth-order valence-electron chi connectivity index (χ4n) is 1.86. The van der Waals surface area contributed by atoms with Crippen LogP contribution in [0, 0.1) is 13.8 Å². The van der Waals surface area contributed by atoms with E-state index >= 15 is 0 Å². The van der Waals surface area contributed by atoms with E-state index in [2.05, 4.69) is 15.3 Å². The number of furan rings is 1. The number of nitrogens with zero attached hydrogens (tertiary/aromatic N) is 2. The van der Waals surface area contributed by atoms with E-state index in [9.17, 15) is 5.11 Å². The van der Waals surface area contributed by atoms with Gasteiger partial charge in [0.15, 0.2) is 0 Å². The lowest BCUT2D eigenvalue weighted by Gasteiger charge is -2.10. The zero-order valence-electron chi connectivity index (χ0n) is 10.9. The van der Waals surface area contributed by atoms with E-state index in [0.29, 0.717) is 23.9 Å². The number of hydrogen-bond donors (Lipinski definition) is 2. The SMILES string of the molecule is Cc1cc(C(O)CCNc2ncc(Cl)cn2)c(C)o1. The highest BCUT2D eigenvalue weighted by molar-refractivity contribution is 6.30. The number of nitrogens with one attached hydrogen (secondary N) is 1. The Bertz CT molecular complexity index is 539. The lowest BCUT2D eigenvalue weighted by molar-refractivity contribution is 0.169. The van der Waals surface area contributed by atoms with Crippen LogP contribution in [0.1, 0.15) is 29.6 Å². The second-order valence-corrected chi connectivity index (χ2v) is 4.76. The maximum atomic E-state index is 10.1. The average Bonchev–Trinajstić information content (AvgIpc) is 2.71. The second-order valence-electron chi connectivity index (χ2n) is 4.32. The van der Waals surface area contributed by atoms with Crippen molar-refractivity contribution in [2.45, 2.75) is 26.4 Å². The highest BCUT2D eigenvalue weighted by Crippen LogP contribution is 2.23. The summed E-state index contributed by atoms with van der Waals surface area (Å²) in [6.07, 6.45) is 3.04. The van der Waals surface area contributed by atoms with E-state index in [1.54, 1.807) is 0 Å². The third-order valence-corrected chi connectivity index (χ3v) is 2.95. The molecule has 2 heterocycles. The van der Waals surface area contributed by atoms with Gasteiger partial charge in [-0.15, -0.1) is 0 Å². The third kappa shape index (κ3) is 3.68. The highest BCUT2D eigenvalue weighted by atomic mass is 35.5. The first-order valence-electron chi connectivity index (χ1n) is 6.02. The molecule has 0 spiro atoms.